The number of rotatable bonds is 4. The maximum absolute atomic E-state index is 11.8. The van der Waals surface area contributed by atoms with E-state index in [2.05, 4.69) is 54.5 Å². The third kappa shape index (κ3) is 3.61. The molecule has 10 atom stereocenters. The first-order valence-corrected chi connectivity index (χ1v) is 13.8. The maximum atomic E-state index is 11.8. The van der Waals surface area contributed by atoms with E-state index in [1.165, 1.54) is 18.4 Å². The average molecular weight is 461 g/mol. The van der Waals surface area contributed by atoms with Crippen LogP contribution in [0.5, 0.6) is 0 Å². The predicted octanol–water partition coefficient (Wildman–Crippen LogP) is 6.50. The summed E-state index contributed by atoms with van der Waals surface area (Å²) in [6.07, 6.45) is 10.6. The summed E-state index contributed by atoms with van der Waals surface area (Å²) in [5.74, 6) is 1.31. The number of allylic oxidation sites excluding steroid dienone is 2. The maximum Gasteiger partial charge on any atom is 0.0654 e. The van der Waals surface area contributed by atoms with Crippen LogP contribution in [-0.2, 0) is 0 Å². The molecule has 4 saturated carbocycles. The highest BCUT2D eigenvalue weighted by Gasteiger charge is 2.71. The van der Waals surface area contributed by atoms with E-state index < -0.39 is 5.60 Å². The Morgan fingerprint density at radius 1 is 0.909 bits per heavy atom. The quantitative estimate of drug-likeness (QED) is 0.420. The minimum absolute atomic E-state index is 0.0503. The molecule has 0 aromatic rings. The van der Waals surface area contributed by atoms with E-state index in [4.69, 9.17) is 0 Å². The van der Waals surface area contributed by atoms with Gasteiger partial charge in [0.15, 0.2) is 0 Å². The molecule has 0 unspecified atom stereocenters. The van der Waals surface area contributed by atoms with Crippen molar-refractivity contribution in [3.05, 3.63) is 11.6 Å². The van der Waals surface area contributed by atoms with Crippen LogP contribution in [0.2, 0.25) is 0 Å². The fraction of sp³-hybridized carbons (Fsp3) is 0.933. The Bertz CT molecular complexity index is 779. The van der Waals surface area contributed by atoms with E-state index in [0.29, 0.717) is 11.8 Å². The molecule has 4 rings (SSSR count). The van der Waals surface area contributed by atoms with Gasteiger partial charge in [0.05, 0.1) is 17.8 Å². The normalized spacial score (nSPS) is 50.5. The van der Waals surface area contributed by atoms with Crippen molar-refractivity contribution in [1.29, 1.82) is 0 Å². The predicted molar refractivity (Wildman–Crippen MR) is 136 cm³/mol. The molecular formula is C30H52O3. The van der Waals surface area contributed by atoms with Gasteiger partial charge in [0.2, 0.25) is 0 Å². The van der Waals surface area contributed by atoms with Crippen molar-refractivity contribution >= 4 is 0 Å². The van der Waals surface area contributed by atoms with Crippen molar-refractivity contribution in [2.75, 3.05) is 0 Å². The van der Waals surface area contributed by atoms with Crippen molar-refractivity contribution in [3.63, 3.8) is 0 Å². The Morgan fingerprint density at radius 2 is 1.55 bits per heavy atom. The molecular weight excluding hydrogens is 408 g/mol. The minimum atomic E-state index is -0.739. The van der Waals surface area contributed by atoms with Crippen LogP contribution in [0.15, 0.2) is 11.6 Å². The van der Waals surface area contributed by atoms with Crippen LogP contribution >= 0.6 is 0 Å². The van der Waals surface area contributed by atoms with E-state index in [1.807, 2.05) is 6.92 Å². The lowest BCUT2D eigenvalue weighted by atomic mass is 9.35. The first-order chi connectivity index (χ1) is 15.1. The van der Waals surface area contributed by atoms with Crippen molar-refractivity contribution in [1.82, 2.24) is 0 Å². The number of hydrogen-bond acceptors (Lipinski definition) is 3. The lowest BCUT2D eigenvalue weighted by Gasteiger charge is -2.70. The van der Waals surface area contributed by atoms with Gasteiger partial charge in [0, 0.05) is 0 Å². The Balaban J connectivity index is 1.66. The second kappa shape index (κ2) is 8.07. The molecule has 190 valence electrons. The molecule has 4 fully saturated rings. The monoisotopic (exact) mass is 460 g/mol. The Labute approximate surface area is 203 Å². The fourth-order valence-corrected chi connectivity index (χ4v) is 10.3. The van der Waals surface area contributed by atoms with Crippen LogP contribution in [0.3, 0.4) is 0 Å². The van der Waals surface area contributed by atoms with E-state index in [-0.39, 0.29) is 45.7 Å². The Hall–Kier alpha value is -0.380. The number of aliphatic hydroxyl groups is 3. The summed E-state index contributed by atoms with van der Waals surface area (Å²) < 4.78 is 0. The van der Waals surface area contributed by atoms with E-state index in [1.54, 1.807) is 0 Å². The molecule has 0 aromatic heterocycles. The van der Waals surface area contributed by atoms with Crippen molar-refractivity contribution in [3.8, 4) is 0 Å². The van der Waals surface area contributed by atoms with Gasteiger partial charge >= 0.3 is 0 Å². The Morgan fingerprint density at radius 3 is 2.18 bits per heavy atom. The number of aliphatic hydroxyl groups excluding tert-OH is 2. The van der Waals surface area contributed by atoms with Crippen molar-refractivity contribution in [2.45, 2.75) is 131 Å². The summed E-state index contributed by atoms with van der Waals surface area (Å²) in [4.78, 5) is 0. The fourth-order valence-electron chi connectivity index (χ4n) is 10.3. The zero-order valence-corrected chi connectivity index (χ0v) is 22.7. The molecule has 33 heavy (non-hydrogen) atoms. The highest BCUT2D eigenvalue weighted by Crippen LogP contribution is 2.75. The van der Waals surface area contributed by atoms with E-state index >= 15 is 0 Å². The minimum Gasteiger partial charge on any atom is -0.393 e. The number of hydrogen-bond donors (Lipinski definition) is 3. The van der Waals surface area contributed by atoms with Crippen LogP contribution in [0.1, 0.15) is 113 Å². The smallest absolute Gasteiger partial charge is 0.0654 e. The molecule has 0 aromatic carbocycles. The van der Waals surface area contributed by atoms with Gasteiger partial charge in [-0.25, -0.2) is 0 Å². The van der Waals surface area contributed by atoms with Gasteiger partial charge < -0.3 is 15.3 Å². The van der Waals surface area contributed by atoms with Crippen LogP contribution in [-0.4, -0.2) is 33.1 Å². The summed E-state index contributed by atoms with van der Waals surface area (Å²) in [6.45, 7) is 18.3. The zero-order valence-electron chi connectivity index (χ0n) is 22.7. The molecule has 3 nitrogen and oxygen atoms in total. The van der Waals surface area contributed by atoms with Gasteiger partial charge in [-0.1, -0.05) is 46.3 Å². The number of fused-ring (bicyclic) bond motifs is 5. The third-order valence-electron chi connectivity index (χ3n) is 12.4. The van der Waals surface area contributed by atoms with Crippen LogP contribution in [0.4, 0.5) is 0 Å². The standard InChI is InChI=1S/C30H52O3/c1-19(2)10-9-14-30(8,33)20-11-16-29(7)25(20)21(31)18-23-27(5)15-13-24(32)26(3,4)22(27)12-17-28(23,29)6/h10,20-25,31-33H,9,11-18H2,1-8H3/t20-,21+,22+,23+,24-,25-,27-,28+,29+,30-/m0/s1. The van der Waals surface area contributed by atoms with Gasteiger partial charge in [0.1, 0.15) is 0 Å². The average Bonchev–Trinajstić information content (AvgIpc) is 3.08. The third-order valence-corrected chi connectivity index (χ3v) is 12.4. The second-order valence-corrected chi connectivity index (χ2v) is 14.5. The van der Waals surface area contributed by atoms with E-state index in [9.17, 15) is 15.3 Å². The topological polar surface area (TPSA) is 60.7 Å². The molecule has 3 N–H and O–H groups in total. The molecule has 4 aliphatic carbocycles. The molecule has 0 heterocycles. The summed E-state index contributed by atoms with van der Waals surface area (Å²) in [6, 6.07) is 0. The van der Waals surface area contributed by atoms with Crippen molar-refractivity contribution in [2.24, 2.45) is 45.3 Å². The molecule has 0 saturated heterocycles. The first kappa shape index (κ1) is 25.7. The van der Waals surface area contributed by atoms with Crippen molar-refractivity contribution < 1.29 is 15.3 Å². The molecule has 0 aliphatic heterocycles. The zero-order chi connectivity index (χ0) is 24.6. The lowest BCUT2D eigenvalue weighted by Crippen LogP contribution is -2.66. The second-order valence-electron chi connectivity index (χ2n) is 14.5. The summed E-state index contributed by atoms with van der Waals surface area (Å²) in [7, 11) is 0. The van der Waals surface area contributed by atoms with Gasteiger partial charge in [-0.15, -0.1) is 0 Å². The molecule has 3 heteroatoms. The SMILES string of the molecule is CC(C)=CCC[C@](C)(O)[C@H]1CC[C@]2(C)[C@@H]1[C@H](O)C[C@@H]1[C@@]3(C)CC[C@H](O)C(C)(C)[C@H]3CC[C@]12C. The highest BCUT2D eigenvalue weighted by atomic mass is 16.3. The highest BCUT2D eigenvalue weighted by molar-refractivity contribution is 5.20. The van der Waals surface area contributed by atoms with Crippen LogP contribution in [0.25, 0.3) is 0 Å². The van der Waals surface area contributed by atoms with Gasteiger partial charge in [0.25, 0.3) is 0 Å². The molecule has 0 radical (unpaired) electrons. The van der Waals surface area contributed by atoms with Crippen LogP contribution < -0.4 is 0 Å². The van der Waals surface area contributed by atoms with Gasteiger partial charge in [-0.2, -0.15) is 0 Å². The summed E-state index contributed by atoms with van der Waals surface area (Å²) in [5, 5.41) is 34.3. The Kier molecular flexibility index (Phi) is 6.28. The first-order valence-electron chi connectivity index (χ1n) is 13.8. The summed E-state index contributed by atoms with van der Waals surface area (Å²) >= 11 is 0. The van der Waals surface area contributed by atoms with E-state index in [0.717, 1.165) is 44.9 Å². The molecule has 4 aliphatic rings. The molecule has 0 spiro atoms. The van der Waals surface area contributed by atoms with Crippen LogP contribution in [0, 0.1) is 45.3 Å². The molecule has 0 bridgehead atoms. The largest absolute Gasteiger partial charge is 0.393 e. The summed E-state index contributed by atoms with van der Waals surface area (Å²) in [5.41, 5.74) is 0.885. The lowest BCUT2D eigenvalue weighted by molar-refractivity contribution is -0.246. The molecule has 0 amide bonds. The van der Waals surface area contributed by atoms with Gasteiger partial charge in [-0.05, 0) is 124 Å². The van der Waals surface area contributed by atoms with Gasteiger partial charge in [-0.3, -0.25) is 0 Å².